The Morgan fingerprint density at radius 1 is 1.25 bits per heavy atom. The highest BCUT2D eigenvalue weighted by atomic mass is 16.6. The van der Waals surface area contributed by atoms with Crippen LogP contribution in [0.1, 0.15) is 31.9 Å². The van der Waals surface area contributed by atoms with Gasteiger partial charge in [0.1, 0.15) is 5.60 Å². The van der Waals surface area contributed by atoms with Gasteiger partial charge < -0.3 is 14.5 Å². The second-order valence-corrected chi connectivity index (χ2v) is 6.50. The predicted molar refractivity (Wildman–Crippen MR) is 81.1 cm³/mol. The minimum atomic E-state index is -0.442. The first-order valence-corrected chi connectivity index (χ1v) is 7.03. The number of rotatable bonds is 1. The SMILES string of the molecule is CN(C)c1ccc2c(c1)CN(C(=O)OC(C)(C)C)CC2. The van der Waals surface area contributed by atoms with Gasteiger partial charge in [0, 0.05) is 32.9 Å². The normalized spacial score (nSPS) is 14.8. The number of carbonyl (C=O) groups excluding carboxylic acids is 1. The number of hydrogen-bond donors (Lipinski definition) is 0. The van der Waals surface area contributed by atoms with Crippen LogP contribution in [-0.2, 0) is 17.7 Å². The molecular weight excluding hydrogens is 252 g/mol. The standard InChI is InChI=1S/C16H24N2O2/c1-16(2,3)20-15(19)18-9-8-12-6-7-14(17(4)5)10-13(12)11-18/h6-7,10H,8-9,11H2,1-5H3. The number of nitrogens with zero attached hydrogens (tertiary/aromatic N) is 2. The maximum atomic E-state index is 12.1. The van der Waals surface area contributed by atoms with E-state index in [1.165, 1.54) is 11.1 Å². The Hall–Kier alpha value is -1.71. The molecule has 1 aliphatic rings. The van der Waals surface area contributed by atoms with E-state index < -0.39 is 5.60 Å². The van der Waals surface area contributed by atoms with Crippen molar-refractivity contribution >= 4 is 11.8 Å². The lowest BCUT2D eigenvalue weighted by atomic mass is 9.99. The summed E-state index contributed by atoms with van der Waals surface area (Å²) in [6.07, 6.45) is 0.667. The summed E-state index contributed by atoms with van der Waals surface area (Å²) in [6.45, 7) is 7.04. The van der Waals surface area contributed by atoms with Gasteiger partial charge in [-0.1, -0.05) is 6.07 Å². The summed E-state index contributed by atoms with van der Waals surface area (Å²) in [5.41, 5.74) is 3.27. The van der Waals surface area contributed by atoms with Crippen LogP contribution in [-0.4, -0.2) is 37.2 Å². The molecule has 0 radical (unpaired) electrons. The molecule has 4 heteroatoms. The second-order valence-electron chi connectivity index (χ2n) is 6.50. The van der Waals surface area contributed by atoms with Crippen molar-refractivity contribution in [2.75, 3.05) is 25.5 Å². The molecule has 4 nitrogen and oxygen atoms in total. The first kappa shape index (κ1) is 14.7. The average Bonchev–Trinajstić information content (AvgIpc) is 2.35. The van der Waals surface area contributed by atoms with E-state index >= 15 is 0 Å². The highest BCUT2D eigenvalue weighted by molar-refractivity contribution is 5.69. The maximum Gasteiger partial charge on any atom is 0.410 e. The van der Waals surface area contributed by atoms with Crippen LogP contribution in [0.4, 0.5) is 10.5 Å². The predicted octanol–water partition coefficient (Wildman–Crippen LogP) is 3.05. The van der Waals surface area contributed by atoms with Crippen molar-refractivity contribution in [2.24, 2.45) is 0 Å². The van der Waals surface area contributed by atoms with Gasteiger partial charge in [0.15, 0.2) is 0 Å². The number of ether oxygens (including phenoxy) is 1. The largest absolute Gasteiger partial charge is 0.444 e. The van der Waals surface area contributed by atoms with Gasteiger partial charge in [0.2, 0.25) is 0 Å². The Morgan fingerprint density at radius 3 is 2.55 bits per heavy atom. The lowest BCUT2D eigenvalue weighted by molar-refractivity contribution is 0.0224. The number of benzene rings is 1. The maximum absolute atomic E-state index is 12.1. The highest BCUT2D eigenvalue weighted by Crippen LogP contribution is 2.25. The molecule has 0 atom stereocenters. The van der Waals surface area contributed by atoms with E-state index in [9.17, 15) is 4.79 Å². The molecule has 1 aromatic carbocycles. The van der Waals surface area contributed by atoms with Gasteiger partial charge in [0.25, 0.3) is 0 Å². The molecule has 1 aliphatic heterocycles. The van der Waals surface area contributed by atoms with E-state index in [1.807, 2.05) is 34.9 Å². The number of anilines is 1. The molecule has 0 unspecified atom stereocenters. The van der Waals surface area contributed by atoms with Crippen molar-refractivity contribution in [1.82, 2.24) is 4.90 Å². The third kappa shape index (κ3) is 3.44. The van der Waals surface area contributed by atoms with Crippen LogP contribution in [0, 0.1) is 0 Å². The minimum Gasteiger partial charge on any atom is -0.444 e. The summed E-state index contributed by atoms with van der Waals surface area (Å²) in [5.74, 6) is 0. The first-order chi connectivity index (χ1) is 9.26. The van der Waals surface area contributed by atoms with Crippen LogP contribution in [0.15, 0.2) is 18.2 Å². The molecule has 0 aromatic heterocycles. The van der Waals surface area contributed by atoms with E-state index in [1.54, 1.807) is 4.90 Å². The fourth-order valence-electron chi connectivity index (χ4n) is 2.30. The molecule has 2 rings (SSSR count). The summed E-state index contributed by atoms with van der Waals surface area (Å²) in [6, 6.07) is 6.45. The monoisotopic (exact) mass is 276 g/mol. The van der Waals surface area contributed by atoms with E-state index in [2.05, 4.69) is 23.1 Å². The summed E-state index contributed by atoms with van der Waals surface area (Å²) < 4.78 is 5.45. The quantitative estimate of drug-likeness (QED) is 0.790. The van der Waals surface area contributed by atoms with Gasteiger partial charge in [-0.05, 0) is 50.5 Å². The first-order valence-electron chi connectivity index (χ1n) is 7.03. The highest BCUT2D eigenvalue weighted by Gasteiger charge is 2.25. The Kier molecular flexibility index (Phi) is 3.93. The minimum absolute atomic E-state index is 0.224. The number of amides is 1. The van der Waals surface area contributed by atoms with Gasteiger partial charge >= 0.3 is 6.09 Å². The molecule has 0 fully saturated rings. The van der Waals surface area contributed by atoms with E-state index in [4.69, 9.17) is 4.74 Å². The van der Waals surface area contributed by atoms with E-state index in [0.29, 0.717) is 6.54 Å². The molecule has 1 aromatic rings. The molecule has 0 saturated carbocycles. The Labute approximate surface area is 121 Å². The van der Waals surface area contributed by atoms with Crippen molar-refractivity contribution < 1.29 is 9.53 Å². The Balaban J connectivity index is 2.13. The number of carbonyl (C=O) groups is 1. The molecule has 0 spiro atoms. The summed E-state index contributed by atoms with van der Waals surface area (Å²) >= 11 is 0. The smallest absolute Gasteiger partial charge is 0.410 e. The Morgan fingerprint density at radius 2 is 1.95 bits per heavy atom. The molecule has 20 heavy (non-hydrogen) atoms. The van der Waals surface area contributed by atoms with E-state index in [0.717, 1.165) is 18.7 Å². The van der Waals surface area contributed by atoms with Crippen molar-refractivity contribution in [3.63, 3.8) is 0 Å². The molecule has 1 heterocycles. The van der Waals surface area contributed by atoms with Gasteiger partial charge in [-0.25, -0.2) is 4.79 Å². The third-order valence-corrected chi connectivity index (χ3v) is 3.37. The van der Waals surface area contributed by atoms with Crippen LogP contribution < -0.4 is 4.90 Å². The topological polar surface area (TPSA) is 32.8 Å². The average molecular weight is 276 g/mol. The van der Waals surface area contributed by atoms with Crippen molar-refractivity contribution in [1.29, 1.82) is 0 Å². The molecule has 0 saturated heterocycles. The lowest BCUT2D eigenvalue weighted by Gasteiger charge is -2.31. The molecule has 0 aliphatic carbocycles. The fraction of sp³-hybridized carbons (Fsp3) is 0.562. The summed E-state index contributed by atoms with van der Waals surface area (Å²) in [7, 11) is 4.05. The lowest BCUT2D eigenvalue weighted by Crippen LogP contribution is -2.39. The molecular formula is C16H24N2O2. The zero-order valence-corrected chi connectivity index (χ0v) is 13.1. The van der Waals surface area contributed by atoms with E-state index in [-0.39, 0.29) is 6.09 Å². The number of hydrogen-bond acceptors (Lipinski definition) is 3. The fourth-order valence-corrected chi connectivity index (χ4v) is 2.30. The zero-order chi connectivity index (χ0) is 14.9. The summed E-state index contributed by atoms with van der Waals surface area (Å²) in [4.78, 5) is 16.0. The second kappa shape index (κ2) is 5.35. The van der Waals surface area contributed by atoms with Gasteiger partial charge in [-0.3, -0.25) is 0 Å². The summed E-state index contributed by atoms with van der Waals surface area (Å²) in [5, 5.41) is 0. The van der Waals surface area contributed by atoms with Crippen LogP contribution in [0.3, 0.4) is 0 Å². The molecule has 1 amide bonds. The number of fused-ring (bicyclic) bond motifs is 1. The van der Waals surface area contributed by atoms with Crippen LogP contribution in [0.25, 0.3) is 0 Å². The van der Waals surface area contributed by atoms with Gasteiger partial charge in [0.05, 0.1) is 0 Å². The van der Waals surface area contributed by atoms with Crippen LogP contribution in [0.2, 0.25) is 0 Å². The third-order valence-electron chi connectivity index (χ3n) is 3.37. The van der Waals surface area contributed by atoms with Crippen LogP contribution >= 0.6 is 0 Å². The van der Waals surface area contributed by atoms with Gasteiger partial charge in [-0.2, -0.15) is 0 Å². The van der Waals surface area contributed by atoms with Crippen LogP contribution in [0.5, 0.6) is 0 Å². The van der Waals surface area contributed by atoms with Gasteiger partial charge in [-0.15, -0.1) is 0 Å². The Bertz CT molecular complexity index is 504. The molecule has 0 N–H and O–H groups in total. The van der Waals surface area contributed by atoms with Crippen molar-refractivity contribution in [3.05, 3.63) is 29.3 Å². The molecule has 0 bridgehead atoms. The van der Waals surface area contributed by atoms with Crippen molar-refractivity contribution in [3.8, 4) is 0 Å². The molecule has 110 valence electrons. The zero-order valence-electron chi connectivity index (χ0n) is 13.1. The van der Waals surface area contributed by atoms with Crippen molar-refractivity contribution in [2.45, 2.75) is 39.3 Å².